The van der Waals surface area contributed by atoms with E-state index in [1.165, 1.54) is 47.5 Å². The summed E-state index contributed by atoms with van der Waals surface area (Å²) in [4.78, 5) is 12.6. The Kier molecular flexibility index (Phi) is 2.87. The summed E-state index contributed by atoms with van der Waals surface area (Å²) in [5, 5.41) is 8.89. The van der Waals surface area contributed by atoms with Crippen molar-refractivity contribution in [3.63, 3.8) is 0 Å². The molecule has 0 atom stereocenters. The van der Waals surface area contributed by atoms with Crippen LogP contribution in [0, 0.1) is 0 Å². The molecule has 0 amide bonds. The fourth-order valence-corrected chi connectivity index (χ4v) is 3.04. The Balaban J connectivity index is 2.27. The predicted octanol–water partition coefficient (Wildman–Crippen LogP) is 3.11. The first-order valence-corrected chi connectivity index (χ1v) is 5.94. The summed E-state index contributed by atoms with van der Waals surface area (Å²) < 4.78 is 0. The summed E-state index contributed by atoms with van der Waals surface area (Å²) in [7, 11) is 0. The SMILES string of the molecule is O=C(O)c1cc2c(s1)CCCCCC2. The van der Waals surface area contributed by atoms with Crippen LogP contribution in [0.15, 0.2) is 6.07 Å². The normalized spacial score (nSPS) is 16.9. The second kappa shape index (κ2) is 4.13. The van der Waals surface area contributed by atoms with Crippen molar-refractivity contribution < 1.29 is 9.90 Å². The van der Waals surface area contributed by atoms with Gasteiger partial charge in [-0.15, -0.1) is 11.3 Å². The van der Waals surface area contributed by atoms with E-state index in [0.29, 0.717) is 4.88 Å². The van der Waals surface area contributed by atoms with E-state index in [1.807, 2.05) is 6.07 Å². The molecule has 1 aromatic rings. The van der Waals surface area contributed by atoms with Crippen LogP contribution in [0.2, 0.25) is 0 Å². The number of carboxylic acid groups (broad SMARTS) is 1. The van der Waals surface area contributed by atoms with Crippen molar-refractivity contribution in [2.45, 2.75) is 38.5 Å². The minimum absolute atomic E-state index is 0.511. The molecule has 0 saturated heterocycles. The number of hydrogen-bond acceptors (Lipinski definition) is 2. The molecule has 0 bridgehead atoms. The molecule has 0 aliphatic heterocycles. The highest BCUT2D eigenvalue weighted by Gasteiger charge is 2.14. The summed E-state index contributed by atoms with van der Waals surface area (Å²) in [6.45, 7) is 0. The van der Waals surface area contributed by atoms with Crippen molar-refractivity contribution in [2.24, 2.45) is 0 Å². The van der Waals surface area contributed by atoms with Crippen LogP contribution in [-0.4, -0.2) is 11.1 Å². The Morgan fingerprint density at radius 1 is 1.21 bits per heavy atom. The molecular weight excluding hydrogens is 196 g/mol. The quantitative estimate of drug-likeness (QED) is 0.773. The number of carboxylic acids is 1. The monoisotopic (exact) mass is 210 g/mol. The molecule has 1 aliphatic carbocycles. The topological polar surface area (TPSA) is 37.3 Å². The van der Waals surface area contributed by atoms with Gasteiger partial charge in [0.1, 0.15) is 4.88 Å². The van der Waals surface area contributed by atoms with Gasteiger partial charge in [0, 0.05) is 4.88 Å². The van der Waals surface area contributed by atoms with Crippen molar-refractivity contribution >= 4 is 17.3 Å². The fraction of sp³-hybridized carbons (Fsp3) is 0.545. The van der Waals surface area contributed by atoms with Gasteiger partial charge in [-0.3, -0.25) is 0 Å². The lowest BCUT2D eigenvalue weighted by atomic mass is 10.00. The lowest BCUT2D eigenvalue weighted by molar-refractivity contribution is 0.0702. The molecule has 14 heavy (non-hydrogen) atoms. The number of aromatic carboxylic acids is 1. The van der Waals surface area contributed by atoms with Crippen LogP contribution in [0.5, 0.6) is 0 Å². The zero-order valence-corrected chi connectivity index (χ0v) is 8.90. The molecule has 0 saturated carbocycles. The van der Waals surface area contributed by atoms with E-state index in [4.69, 9.17) is 5.11 Å². The first-order chi connectivity index (χ1) is 6.77. The van der Waals surface area contributed by atoms with Gasteiger partial charge in [-0.1, -0.05) is 12.8 Å². The average Bonchev–Trinajstić information content (AvgIpc) is 2.48. The molecule has 0 fully saturated rings. The zero-order valence-electron chi connectivity index (χ0n) is 8.08. The van der Waals surface area contributed by atoms with Gasteiger partial charge in [-0.2, -0.15) is 0 Å². The maximum Gasteiger partial charge on any atom is 0.345 e. The van der Waals surface area contributed by atoms with E-state index < -0.39 is 5.97 Å². The Bertz CT molecular complexity index is 316. The van der Waals surface area contributed by atoms with Gasteiger partial charge in [0.15, 0.2) is 0 Å². The third-order valence-electron chi connectivity index (χ3n) is 2.71. The number of carbonyl (C=O) groups is 1. The van der Waals surface area contributed by atoms with Crippen molar-refractivity contribution in [1.82, 2.24) is 0 Å². The molecule has 76 valence electrons. The lowest BCUT2D eigenvalue weighted by Gasteiger charge is -2.07. The molecule has 0 spiro atoms. The first-order valence-electron chi connectivity index (χ1n) is 5.12. The van der Waals surface area contributed by atoms with E-state index in [9.17, 15) is 4.79 Å². The largest absolute Gasteiger partial charge is 0.477 e. The second-order valence-corrected chi connectivity index (χ2v) is 4.92. The molecule has 1 aromatic heterocycles. The summed E-state index contributed by atoms with van der Waals surface area (Å²) >= 11 is 1.47. The van der Waals surface area contributed by atoms with Crippen molar-refractivity contribution in [3.8, 4) is 0 Å². The standard InChI is InChI=1S/C11H14O2S/c12-11(13)10-7-8-5-3-1-2-4-6-9(8)14-10/h7H,1-6H2,(H,12,13). The fourth-order valence-electron chi connectivity index (χ4n) is 1.95. The maximum atomic E-state index is 10.8. The summed E-state index contributed by atoms with van der Waals surface area (Å²) in [5.74, 6) is -0.776. The Labute approximate surface area is 87.6 Å². The highest BCUT2D eigenvalue weighted by Crippen LogP contribution is 2.28. The van der Waals surface area contributed by atoms with Crippen LogP contribution in [0.4, 0.5) is 0 Å². The van der Waals surface area contributed by atoms with E-state index in [1.54, 1.807) is 0 Å². The number of fused-ring (bicyclic) bond motifs is 1. The van der Waals surface area contributed by atoms with Gasteiger partial charge >= 0.3 is 5.97 Å². The Morgan fingerprint density at radius 3 is 2.64 bits per heavy atom. The predicted molar refractivity (Wildman–Crippen MR) is 57.2 cm³/mol. The molecule has 2 rings (SSSR count). The third kappa shape index (κ3) is 1.98. The maximum absolute atomic E-state index is 10.8. The minimum Gasteiger partial charge on any atom is -0.477 e. The van der Waals surface area contributed by atoms with E-state index in [2.05, 4.69) is 0 Å². The highest BCUT2D eigenvalue weighted by atomic mass is 32.1. The van der Waals surface area contributed by atoms with Crippen LogP contribution < -0.4 is 0 Å². The van der Waals surface area contributed by atoms with Crippen molar-refractivity contribution in [3.05, 3.63) is 21.4 Å². The lowest BCUT2D eigenvalue weighted by Crippen LogP contribution is -1.94. The van der Waals surface area contributed by atoms with Crippen LogP contribution in [0.25, 0.3) is 0 Å². The van der Waals surface area contributed by atoms with E-state index in [-0.39, 0.29) is 0 Å². The molecule has 1 aliphatic rings. The van der Waals surface area contributed by atoms with Gasteiger partial charge in [-0.25, -0.2) is 4.79 Å². The smallest absolute Gasteiger partial charge is 0.345 e. The Hall–Kier alpha value is -0.830. The molecular formula is C11H14O2S. The summed E-state index contributed by atoms with van der Waals surface area (Å²) in [6, 6.07) is 1.87. The molecule has 2 nitrogen and oxygen atoms in total. The minimum atomic E-state index is -0.776. The molecule has 0 unspecified atom stereocenters. The van der Waals surface area contributed by atoms with Gasteiger partial charge in [0.2, 0.25) is 0 Å². The number of thiophene rings is 1. The zero-order chi connectivity index (χ0) is 9.97. The van der Waals surface area contributed by atoms with Gasteiger partial charge in [0.05, 0.1) is 0 Å². The van der Waals surface area contributed by atoms with Crippen molar-refractivity contribution in [1.29, 1.82) is 0 Å². The van der Waals surface area contributed by atoms with Crippen LogP contribution >= 0.6 is 11.3 Å². The first kappa shape index (κ1) is 9.71. The van der Waals surface area contributed by atoms with Gasteiger partial charge < -0.3 is 5.11 Å². The molecule has 1 heterocycles. The average molecular weight is 210 g/mol. The van der Waals surface area contributed by atoms with Crippen LogP contribution in [0.1, 0.15) is 45.8 Å². The number of hydrogen-bond donors (Lipinski definition) is 1. The summed E-state index contributed by atoms with van der Waals surface area (Å²) in [5.41, 5.74) is 1.28. The molecule has 3 heteroatoms. The van der Waals surface area contributed by atoms with Crippen LogP contribution in [0.3, 0.4) is 0 Å². The van der Waals surface area contributed by atoms with Gasteiger partial charge in [-0.05, 0) is 37.3 Å². The Morgan fingerprint density at radius 2 is 1.93 bits per heavy atom. The summed E-state index contributed by atoms with van der Waals surface area (Å²) in [6.07, 6.45) is 7.15. The van der Waals surface area contributed by atoms with Crippen LogP contribution in [-0.2, 0) is 12.8 Å². The highest BCUT2D eigenvalue weighted by molar-refractivity contribution is 7.14. The van der Waals surface area contributed by atoms with E-state index in [0.717, 1.165) is 12.8 Å². The molecule has 0 aromatic carbocycles. The molecule has 1 N–H and O–H groups in total. The molecule has 0 radical (unpaired) electrons. The second-order valence-electron chi connectivity index (χ2n) is 3.78. The van der Waals surface area contributed by atoms with Gasteiger partial charge in [0.25, 0.3) is 0 Å². The van der Waals surface area contributed by atoms with Crippen molar-refractivity contribution in [2.75, 3.05) is 0 Å². The number of rotatable bonds is 1. The number of aryl methyl sites for hydroxylation is 2. The third-order valence-corrected chi connectivity index (χ3v) is 3.93. The van der Waals surface area contributed by atoms with E-state index >= 15 is 0 Å².